The maximum absolute atomic E-state index is 13.0. The van der Waals surface area contributed by atoms with Crippen LogP contribution in [-0.4, -0.2) is 51.1 Å². The fourth-order valence-electron chi connectivity index (χ4n) is 3.89. The summed E-state index contributed by atoms with van der Waals surface area (Å²) in [6.07, 6.45) is 2.75. The molecular formula is C23H24N2O5S3. The molecule has 0 aliphatic carbocycles. The molecule has 0 unspecified atom stereocenters. The zero-order chi connectivity index (χ0) is 23.6. The molecule has 3 aromatic rings. The van der Waals surface area contributed by atoms with Crippen molar-refractivity contribution in [3.05, 3.63) is 53.4 Å². The van der Waals surface area contributed by atoms with E-state index < -0.39 is 16.0 Å². The first-order chi connectivity index (χ1) is 15.8. The first kappa shape index (κ1) is 23.7. The van der Waals surface area contributed by atoms with E-state index in [4.69, 9.17) is 4.74 Å². The molecule has 1 aliphatic heterocycles. The summed E-state index contributed by atoms with van der Waals surface area (Å²) in [5, 5.41) is 3.70. The lowest BCUT2D eigenvalue weighted by Gasteiger charge is -2.30. The predicted octanol–water partition coefficient (Wildman–Crippen LogP) is 4.45. The number of hydrogen-bond acceptors (Lipinski definition) is 7. The third-order valence-corrected chi connectivity index (χ3v) is 9.54. The number of carbonyl (C=O) groups is 2. The van der Waals surface area contributed by atoms with Gasteiger partial charge in [0, 0.05) is 34.0 Å². The van der Waals surface area contributed by atoms with Crippen LogP contribution in [0.1, 0.15) is 22.5 Å². The molecule has 1 fully saturated rings. The number of rotatable bonds is 6. The van der Waals surface area contributed by atoms with E-state index in [1.165, 1.54) is 22.8 Å². The minimum Gasteiger partial charge on any atom is -0.465 e. The molecule has 7 nitrogen and oxygen atoms in total. The van der Waals surface area contributed by atoms with Crippen molar-refractivity contribution >= 4 is 60.8 Å². The van der Waals surface area contributed by atoms with Crippen molar-refractivity contribution in [3.8, 4) is 0 Å². The number of hydrogen-bond donors (Lipinski definition) is 1. The van der Waals surface area contributed by atoms with Crippen LogP contribution in [0.5, 0.6) is 0 Å². The monoisotopic (exact) mass is 504 g/mol. The van der Waals surface area contributed by atoms with Gasteiger partial charge in [0.1, 0.15) is 4.88 Å². The van der Waals surface area contributed by atoms with Gasteiger partial charge in [-0.3, -0.25) is 4.79 Å². The van der Waals surface area contributed by atoms with Gasteiger partial charge in [0.2, 0.25) is 15.9 Å². The van der Waals surface area contributed by atoms with Crippen LogP contribution in [0.15, 0.2) is 58.3 Å². The number of methoxy groups -OCH3 is 1. The Labute approximate surface area is 201 Å². The molecule has 10 heteroatoms. The van der Waals surface area contributed by atoms with Gasteiger partial charge in [0.15, 0.2) is 0 Å². The van der Waals surface area contributed by atoms with E-state index in [1.807, 2.05) is 30.5 Å². The fraction of sp³-hybridized carbons (Fsp3) is 0.304. The number of amides is 1. The molecular weight excluding hydrogens is 480 g/mol. The molecule has 1 amide bonds. The lowest BCUT2D eigenvalue weighted by molar-refractivity contribution is -0.120. The molecule has 174 valence electrons. The Morgan fingerprint density at radius 3 is 2.39 bits per heavy atom. The molecule has 1 saturated heterocycles. The Hall–Kier alpha value is -2.40. The van der Waals surface area contributed by atoms with E-state index in [9.17, 15) is 18.0 Å². The fourth-order valence-corrected chi connectivity index (χ4v) is 6.84. The predicted molar refractivity (Wildman–Crippen MR) is 131 cm³/mol. The van der Waals surface area contributed by atoms with Gasteiger partial charge in [-0.25, -0.2) is 13.2 Å². The number of anilines is 1. The van der Waals surface area contributed by atoms with Crippen molar-refractivity contribution in [2.24, 2.45) is 5.92 Å². The Balaban J connectivity index is 1.46. The molecule has 0 radical (unpaired) electrons. The highest BCUT2D eigenvalue weighted by Gasteiger charge is 2.33. The van der Waals surface area contributed by atoms with Gasteiger partial charge in [0.25, 0.3) is 0 Å². The number of benzene rings is 2. The van der Waals surface area contributed by atoms with Gasteiger partial charge in [-0.1, -0.05) is 18.2 Å². The molecule has 0 spiro atoms. The summed E-state index contributed by atoms with van der Waals surface area (Å²) in [5.41, 5.74) is 0.455. The van der Waals surface area contributed by atoms with Crippen LogP contribution >= 0.6 is 23.1 Å². The van der Waals surface area contributed by atoms with Gasteiger partial charge in [0.05, 0.1) is 17.7 Å². The summed E-state index contributed by atoms with van der Waals surface area (Å²) >= 11 is 2.82. The van der Waals surface area contributed by atoms with Gasteiger partial charge < -0.3 is 10.1 Å². The maximum Gasteiger partial charge on any atom is 0.350 e. The molecule has 1 N–H and O–H groups in total. The maximum atomic E-state index is 13.0. The summed E-state index contributed by atoms with van der Waals surface area (Å²) in [4.78, 5) is 26.9. The Morgan fingerprint density at radius 2 is 1.76 bits per heavy atom. The normalized spacial score (nSPS) is 15.5. The zero-order valence-electron chi connectivity index (χ0n) is 18.2. The number of piperidine rings is 1. The number of sulfonamides is 1. The van der Waals surface area contributed by atoms with Gasteiger partial charge in [-0.05, 0) is 49.4 Å². The highest BCUT2D eigenvalue weighted by molar-refractivity contribution is 7.98. The number of carbonyl (C=O) groups excluding carboxylic acids is 2. The van der Waals surface area contributed by atoms with Gasteiger partial charge >= 0.3 is 5.97 Å². The second-order valence-electron chi connectivity index (χ2n) is 7.64. The topological polar surface area (TPSA) is 92.8 Å². The SMILES string of the molecule is COC(=O)c1sc2ccccc2c1NC(=O)C1CCN(S(=O)(=O)c2ccc(SC)cc2)CC1. The van der Waals surface area contributed by atoms with E-state index in [1.54, 1.807) is 36.0 Å². The molecule has 0 bridgehead atoms. The largest absolute Gasteiger partial charge is 0.465 e. The van der Waals surface area contributed by atoms with E-state index in [0.717, 1.165) is 15.0 Å². The van der Waals surface area contributed by atoms with E-state index in [0.29, 0.717) is 23.4 Å². The minimum absolute atomic E-state index is 0.218. The van der Waals surface area contributed by atoms with Crippen LogP contribution in [0.3, 0.4) is 0 Å². The van der Waals surface area contributed by atoms with Crippen molar-refractivity contribution in [1.29, 1.82) is 0 Å². The molecule has 0 atom stereocenters. The number of nitrogens with zero attached hydrogens (tertiary/aromatic N) is 1. The Morgan fingerprint density at radius 1 is 1.09 bits per heavy atom. The summed E-state index contributed by atoms with van der Waals surface area (Å²) < 4.78 is 33.2. The van der Waals surface area contributed by atoms with Crippen LogP contribution in [0, 0.1) is 5.92 Å². The standard InChI is InChI=1S/C23H24N2O5S3/c1-30-23(27)21-20(18-5-3-4-6-19(18)32-21)24-22(26)15-11-13-25(14-12-15)33(28,29)17-9-7-16(31-2)8-10-17/h3-10,15H,11-14H2,1-2H3,(H,24,26). The molecule has 1 aromatic heterocycles. The van der Waals surface area contributed by atoms with E-state index in [-0.39, 0.29) is 29.8 Å². The van der Waals surface area contributed by atoms with Crippen LogP contribution in [0.4, 0.5) is 5.69 Å². The molecule has 4 rings (SSSR count). The van der Waals surface area contributed by atoms with Crippen molar-refractivity contribution in [2.45, 2.75) is 22.6 Å². The zero-order valence-corrected chi connectivity index (χ0v) is 20.7. The number of thioether (sulfide) groups is 1. The van der Waals surface area contributed by atoms with Crippen LogP contribution < -0.4 is 5.32 Å². The van der Waals surface area contributed by atoms with Crippen LogP contribution in [0.25, 0.3) is 10.1 Å². The summed E-state index contributed by atoms with van der Waals surface area (Å²) in [6.45, 7) is 0.526. The first-order valence-corrected chi connectivity index (χ1v) is 13.9. The highest BCUT2D eigenvalue weighted by atomic mass is 32.2. The average molecular weight is 505 g/mol. The molecule has 1 aliphatic rings. The molecule has 2 heterocycles. The second kappa shape index (κ2) is 9.84. The third-order valence-electron chi connectivity index (χ3n) is 5.74. The van der Waals surface area contributed by atoms with Crippen molar-refractivity contribution < 1.29 is 22.7 Å². The molecule has 2 aromatic carbocycles. The smallest absolute Gasteiger partial charge is 0.350 e. The number of esters is 1. The average Bonchev–Trinajstić information content (AvgIpc) is 3.22. The van der Waals surface area contributed by atoms with Crippen molar-refractivity contribution in [2.75, 3.05) is 31.8 Å². The van der Waals surface area contributed by atoms with E-state index in [2.05, 4.69) is 5.32 Å². The molecule has 0 saturated carbocycles. The summed E-state index contributed by atoms with van der Waals surface area (Å²) in [6, 6.07) is 14.3. The summed E-state index contributed by atoms with van der Waals surface area (Å²) in [5.74, 6) is -1.07. The lowest BCUT2D eigenvalue weighted by Crippen LogP contribution is -2.41. The molecule has 33 heavy (non-hydrogen) atoms. The van der Waals surface area contributed by atoms with Crippen LogP contribution in [0.2, 0.25) is 0 Å². The third kappa shape index (κ3) is 4.79. The van der Waals surface area contributed by atoms with Gasteiger partial charge in [-0.15, -0.1) is 23.1 Å². The number of ether oxygens (including phenoxy) is 1. The number of fused-ring (bicyclic) bond motifs is 1. The van der Waals surface area contributed by atoms with Crippen molar-refractivity contribution in [3.63, 3.8) is 0 Å². The van der Waals surface area contributed by atoms with Crippen molar-refractivity contribution in [1.82, 2.24) is 4.31 Å². The Kier molecular flexibility index (Phi) is 7.08. The highest BCUT2D eigenvalue weighted by Crippen LogP contribution is 2.37. The summed E-state index contributed by atoms with van der Waals surface area (Å²) in [7, 11) is -2.29. The number of nitrogens with one attached hydrogen (secondary N) is 1. The first-order valence-electron chi connectivity index (χ1n) is 10.4. The second-order valence-corrected chi connectivity index (χ2v) is 11.5. The van der Waals surface area contributed by atoms with Crippen LogP contribution in [-0.2, 0) is 19.6 Å². The Bertz CT molecular complexity index is 1280. The van der Waals surface area contributed by atoms with Gasteiger partial charge in [-0.2, -0.15) is 4.31 Å². The lowest BCUT2D eigenvalue weighted by atomic mass is 9.97. The quantitative estimate of drug-likeness (QED) is 0.394. The number of thiophene rings is 1. The van der Waals surface area contributed by atoms with E-state index >= 15 is 0 Å². The minimum atomic E-state index is -3.60.